The van der Waals surface area contributed by atoms with Crippen LogP contribution in [-0.4, -0.2) is 40.9 Å². The molecule has 110 valence electrons. The number of unbranched alkanes of at least 4 members (excludes halogenated alkanes) is 1. The summed E-state index contributed by atoms with van der Waals surface area (Å²) in [5.41, 5.74) is 6.49. The zero-order valence-electron chi connectivity index (χ0n) is 11.9. The van der Waals surface area contributed by atoms with Crippen LogP contribution in [0.2, 0.25) is 0 Å². The Bertz CT molecular complexity index is 427. The zero-order valence-corrected chi connectivity index (χ0v) is 11.9. The molecule has 1 aromatic heterocycles. The fourth-order valence-corrected chi connectivity index (χ4v) is 2.32. The Morgan fingerprint density at radius 2 is 2.15 bits per heavy atom. The molecule has 0 bridgehead atoms. The number of ether oxygens (including phenoxy) is 1. The van der Waals surface area contributed by atoms with Crippen molar-refractivity contribution >= 4 is 11.9 Å². The lowest BCUT2D eigenvalue weighted by Crippen LogP contribution is -2.38. The Morgan fingerprint density at radius 3 is 2.75 bits per heavy atom. The minimum Gasteiger partial charge on any atom is -0.449 e. The molecule has 0 radical (unpaired) electrons. The van der Waals surface area contributed by atoms with Crippen molar-refractivity contribution in [2.75, 3.05) is 25.4 Å². The molecule has 0 saturated carbocycles. The smallest absolute Gasteiger partial charge is 0.409 e. The molecule has 1 saturated heterocycles. The lowest BCUT2D eigenvalue weighted by Gasteiger charge is -2.30. The number of hydrogen-bond acceptors (Lipinski definition) is 5. The third-order valence-corrected chi connectivity index (χ3v) is 3.60. The first-order valence-corrected chi connectivity index (χ1v) is 7.21. The Balaban J connectivity index is 1.80. The largest absolute Gasteiger partial charge is 0.449 e. The first-order valence-electron chi connectivity index (χ1n) is 7.21. The minimum absolute atomic E-state index is 0.194. The number of carbonyl (C=O) groups is 1. The van der Waals surface area contributed by atoms with Gasteiger partial charge in [0.05, 0.1) is 12.3 Å². The molecule has 1 amide bonds. The molecule has 2 heterocycles. The van der Waals surface area contributed by atoms with Crippen LogP contribution in [0.3, 0.4) is 0 Å². The fourth-order valence-electron chi connectivity index (χ4n) is 2.32. The van der Waals surface area contributed by atoms with Gasteiger partial charge in [-0.2, -0.15) is 5.10 Å². The van der Waals surface area contributed by atoms with Gasteiger partial charge in [-0.1, -0.05) is 13.3 Å². The van der Waals surface area contributed by atoms with Gasteiger partial charge in [0.2, 0.25) is 0 Å². The van der Waals surface area contributed by atoms with Crippen molar-refractivity contribution < 1.29 is 9.53 Å². The van der Waals surface area contributed by atoms with Gasteiger partial charge in [0.15, 0.2) is 0 Å². The predicted molar refractivity (Wildman–Crippen MR) is 76.2 cm³/mol. The number of amides is 1. The van der Waals surface area contributed by atoms with Crippen LogP contribution in [-0.2, 0) is 4.74 Å². The number of nitrogens with two attached hydrogens (primary N) is 1. The van der Waals surface area contributed by atoms with E-state index >= 15 is 0 Å². The monoisotopic (exact) mass is 278 g/mol. The molecule has 2 N–H and O–H groups in total. The SMILES string of the molecule is CCCCOC(=O)N1CCC(c2ccc(N)nn2)CC1. The Hall–Kier alpha value is -1.85. The summed E-state index contributed by atoms with van der Waals surface area (Å²) < 4.78 is 5.22. The summed E-state index contributed by atoms with van der Waals surface area (Å²) in [7, 11) is 0. The van der Waals surface area contributed by atoms with Crippen LogP contribution in [0.1, 0.15) is 44.2 Å². The van der Waals surface area contributed by atoms with E-state index in [0.29, 0.717) is 31.4 Å². The Kier molecular flexibility index (Phi) is 5.15. The third-order valence-electron chi connectivity index (χ3n) is 3.60. The number of likely N-dealkylation sites (tertiary alicyclic amines) is 1. The average Bonchev–Trinajstić information content (AvgIpc) is 2.48. The van der Waals surface area contributed by atoms with E-state index in [2.05, 4.69) is 17.1 Å². The summed E-state index contributed by atoms with van der Waals surface area (Å²) in [5.74, 6) is 0.786. The maximum absolute atomic E-state index is 11.8. The molecule has 2 rings (SSSR count). The van der Waals surface area contributed by atoms with Crippen LogP contribution in [0.5, 0.6) is 0 Å². The standard InChI is InChI=1S/C14H22N4O2/c1-2-3-10-20-14(19)18-8-6-11(7-9-18)12-4-5-13(15)17-16-12/h4-5,11H,2-3,6-10H2,1H3,(H2,15,17). The predicted octanol–water partition coefficient (Wildman–Crippen LogP) is 2.17. The first-order chi connectivity index (χ1) is 9.70. The molecule has 0 unspecified atom stereocenters. The molecule has 20 heavy (non-hydrogen) atoms. The summed E-state index contributed by atoms with van der Waals surface area (Å²) in [6.45, 7) is 4.01. The van der Waals surface area contributed by atoms with Crippen LogP contribution in [0.15, 0.2) is 12.1 Å². The Morgan fingerprint density at radius 1 is 1.40 bits per heavy atom. The number of rotatable bonds is 4. The highest BCUT2D eigenvalue weighted by molar-refractivity contribution is 5.67. The molecular formula is C14H22N4O2. The van der Waals surface area contributed by atoms with E-state index in [9.17, 15) is 4.79 Å². The maximum atomic E-state index is 11.8. The third kappa shape index (κ3) is 3.82. The van der Waals surface area contributed by atoms with Crippen molar-refractivity contribution in [1.29, 1.82) is 0 Å². The second-order valence-corrected chi connectivity index (χ2v) is 5.11. The van der Waals surface area contributed by atoms with Crippen LogP contribution in [0.25, 0.3) is 0 Å². The van der Waals surface area contributed by atoms with Crippen molar-refractivity contribution in [1.82, 2.24) is 15.1 Å². The highest BCUT2D eigenvalue weighted by Gasteiger charge is 2.25. The summed E-state index contributed by atoms with van der Waals surface area (Å²) in [4.78, 5) is 13.6. The van der Waals surface area contributed by atoms with E-state index in [0.717, 1.165) is 31.4 Å². The van der Waals surface area contributed by atoms with Crippen molar-refractivity contribution in [3.8, 4) is 0 Å². The van der Waals surface area contributed by atoms with Gasteiger partial charge in [0.1, 0.15) is 5.82 Å². The molecule has 6 heteroatoms. The lowest BCUT2D eigenvalue weighted by atomic mass is 9.93. The van der Waals surface area contributed by atoms with Crippen LogP contribution in [0.4, 0.5) is 10.6 Å². The summed E-state index contributed by atoms with van der Waals surface area (Å²) in [5, 5.41) is 8.00. The molecule has 1 aliphatic rings. The number of piperidine rings is 1. The summed E-state index contributed by atoms with van der Waals surface area (Å²) in [6.07, 6.45) is 3.54. The number of carbonyl (C=O) groups excluding carboxylic acids is 1. The molecule has 0 aromatic carbocycles. The molecule has 1 aromatic rings. The van der Waals surface area contributed by atoms with Gasteiger partial charge in [0, 0.05) is 19.0 Å². The topological polar surface area (TPSA) is 81.3 Å². The molecular weight excluding hydrogens is 256 g/mol. The molecule has 0 atom stereocenters. The van der Waals surface area contributed by atoms with Gasteiger partial charge in [0.25, 0.3) is 0 Å². The van der Waals surface area contributed by atoms with E-state index in [-0.39, 0.29) is 6.09 Å². The molecule has 1 fully saturated rings. The number of nitrogens with zero attached hydrogens (tertiary/aromatic N) is 3. The van der Waals surface area contributed by atoms with Crippen molar-refractivity contribution in [2.24, 2.45) is 0 Å². The van der Waals surface area contributed by atoms with Crippen molar-refractivity contribution in [3.63, 3.8) is 0 Å². The normalized spacial score (nSPS) is 16.1. The van der Waals surface area contributed by atoms with E-state index in [1.54, 1.807) is 11.0 Å². The van der Waals surface area contributed by atoms with E-state index < -0.39 is 0 Å². The summed E-state index contributed by atoms with van der Waals surface area (Å²) >= 11 is 0. The number of anilines is 1. The van der Waals surface area contributed by atoms with Crippen molar-refractivity contribution in [2.45, 2.75) is 38.5 Å². The molecule has 1 aliphatic heterocycles. The lowest BCUT2D eigenvalue weighted by molar-refractivity contribution is 0.0913. The van der Waals surface area contributed by atoms with Gasteiger partial charge in [-0.25, -0.2) is 4.79 Å². The minimum atomic E-state index is -0.194. The van der Waals surface area contributed by atoms with Gasteiger partial charge < -0.3 is 15.4 Å². The number of nitrogen functional groups attached to an aromatic ring is 1. The van der Waals surface area contributed by atoms with Gasteiger partial charge >= 0.3 is 6.09 Å². The second kappa shape index (κ2) is 7.07. The van der Waals surface area contributed by atoms with Gasteiger partial charge in [-0.05, 0) is 31.4 Å². The zero-order chi connectivity index (χ0) is 14.4. The van der Waals surface area contributed by atoms with Crippen molar-refractivity contribution in [3.05, 3.63) is 17.8 Å². The van der Waals surface area contributed by atoms with Crippen LogP contribution in [0, 0.1) is 0 Å². The molecule has 6 nitrogen and oxygen atoms in total. The van der Waals surface area contributed by atoms with Crippen LogP contribution < -0.4 is 5.73 Å². The average molecular weight is 278 g/mol. The van der Waals surface area contributed by atoms with Gasteiger partial charge in [-0.15, -0.1) is 5.10 Å². The van der Waals surface area contributed by atoms with E-state index in [4.69, 9.17) is 10.5 Å². The molecule has 0 aliphatic carbocycles. The van der Waals surface area contributed by atoms with E-state index in [1.165, 1.54) is 0 Å². The first kappa shape index (κ1) is 14.6. The van der Waals surface area contributed by atoms with E-state index in [1.807, 2.05) is 6.07 Å². The second-order valence-electron chi connectivity index (χ2n) is 5.11. The number of hydrogen-bond donors (Lipinski definition) is 1. The van der Waals surface area contributed by atoms with Gasteiger partial charge in [-0.3, -0.25) is 0 Å². The highest BCUT2D eigenvalue weighted by Crippen LogP contribution is 2.26. The Labute approximate surface area is 119 Å². The fraction of sp³-hybridized carbons (Fsp3) is 0.643. The number of aromatic nitrogens is 2. The molecule has 0 spiro atoms. The summed E-state index contributed by atoms with van der Waals surface area (Å²) in [6, 6.07) is 3.69. The maximum Gasteiger partial charge on any atom is 0.409 e. The highest BCUT2D eigenvalue weighted by atomic mass is 16.6. The quantitative estimate of drug-likeness (QED) is 0.854. The van der Waals surface area contributed by atoms with Crippen LogP contribution >= 0.6 is 0 Å².